The van der Waals surface area contributed by atoms with Crippen LogP contribution in [-0.2, 0) is 14.3 Å². The first-order valence-electron chi connectivity index (χ1n) is 10.3. The highest BCUT2D eigenvalue weighted by molar-refractivity contribution is 6.46. The van der Waals surface area contributed by atoms with Gasteiger partial charge in [-0.2, -0.15) is 0 Å². The third-order valence-corrected chi connectivity index (χ3v) is 6.07. The maximum atomic E-state index is 13.1. The zero-order chi connectivity index (χ0) is 22.8. The van der Waals surface area contributed by atoms with Gasteiger partial charge in [0.25, 0.3) is 11.7 Å². The standard InChI is InChI=1S/C24H24ClNO6/c1-30-16-9-10-18(19(12-16)31-2)21-20(22(27)14-5-7-15(25)8-6-14)23(28)24(29)26(21)13-17-4-3-11-32-17/h5-10,12,17,21,27H,3-4,11,13H2,1-2H3/b22-20+/t17-,21-/m0/s1. The van der Waals surface area contributed by atoms with Crippen LogP contribution in [0.25, 0.3) is 5.76 Å². The maximum Gasteiger partial charge on any atom is 0.295 e. The van der Waals surface area contributed by atoms with Crippen molar-refractivity contribution < 1.29 is 28.9 Å². The van der Waals surface area contributed by atoms with E-state index in [2.05, 4.69) is 0 Å². The van der Waals surface area contributed by atoms with Crippen LogP contribution in [0.5, 0.6) is 11.5 Å². The summed E-state index contributed by atoms with van der Waals surface area (Å²) in [5, 5.41) is 11.6. The van der Waals surface area contributed by atoms with E-state index in [1.807, 2.05) is 0 Å². The summed E-state index contributed by atoms with van der Waals surface area (Å²) < 4.78 is 16.6. The van der Waals surface area contributed by atoms with E-state index in [4.69, 9.17) is 25.8 Å². The molecule has 2 atom stereocenters. The molecule has 4 rings (SSSR count). The Morgan fingerprint density at radius 2 is 1.91 bits per heavy atom. The number of likely N-dealkylation sites (tertiary alicyclic amines) is 1. The molecule has 1 N–H and O–H groups in total. The van der Waals surface area contributed by atoms with Crippen molar-refractivity contribution in [3.05, 3.63) is 64.2 Å². The average molecular weight is 458 g/mol. The molecule has 0 bridgehead atoms. The molecular formula is C24H24ClNO6. The number of aliphatic hydroxyl groups excluding tert-OH is 1. The number of rotatable bonds is 6. The van der Waals surface area contributed by atoms with E-state index in [-0.39, 0.29) is 24.0 Å². The number of hydrogen-bond acceptors (Lipinski definition) is 6. The lowest BCUT2D eigenvalue weighted by molar-refractivity contribution is -0.140. The van der Waals surface area contributed by atoms with E-state index < -0.39 is 17.7 Å². The summed E-state index contributed by atoms with van der Waals surface area (Å²) in [6, 6.07) is 10.8. The van der Waals surface area contributed by atoms with Gasteiger partial charge in [-0.1, -0.05) is 11.6 Å². The summed E-state index contributed by atoms with van der Waals surface area (Å²) in [6.45, 7) is 0.859. The number of ether oxygens (including phenoxy) is 3. The number of methoxy groups -OCH3 is 2. The first-order chi connectivity index (χ1) is 15.4. The molecule has 0 aliphatic carbocycles. The van der Waals surface area contributed by atoms with Crippen molar-refractivity contribution in [2.24, 2.45) is 0 Å². The molecule has 1 amide bonds. The lowest BCUT2D eigenvalue weighted by Gasteiger charge is -2.28. The van der Waals surface area contributed by atoms with Gasteiger partial charge in [0.15, 0.2) is 0 Å². The minimum absolute atomic E-state index is 0.00112. The van der Waals surface area contributed by atoms with Crippen molar-refractivity contribution in [1.29, 1.82) is 0 Å². The molecule has 168 valence electrons. The van der Waals surface area contributed by atoms with Gasteiger partial charge in [-0.25, -0.2) is 0 Å². The average Bonchev–Trinajstić information content (AvgIpc) is 3.41. The minimum Gasteiger partial charge on any atom is -0.507 e. The number of benzene rings is 2. The van der Waals surface area contributed by atoms with Crippen LogP contribution in [0, 0.1) is 0 Å². The van der Waals surface area contributed by atoms with Crippen molar-refractivity contribution in [2.75, 3.05) is 27.4 Å². The maximum absolute atomic E-state index is 13.1. The Morgan fingerprint density at radius 1 is 1.16 bits per heavy atom. The van der Waals surface area contributed by atoms with Crippen LogP contribution in [0.3, 0.4) is 0 Å². The number of Topliss-reactive ketones (excluding diaryl/α,β-unsaturated/α-hetero) is 1. The molecule has 2 heterocycles. The van der Waals surface area contributed by atoms with Gasteiger partial charge in [-0.15, -0.1) is 0 Å². The molecule has 0 unspecified atom stereocenters. The molecule has 2 aromatic carbocycles. The number of ketones is 1. The highest BCUT2D eigenvalue weighted by Gasteiger charge is 2.48. The molecule has 32 heavy (non-hydrogen) atoms. The summed E-state index contributed by atoms with van der Waals surface area (Å²) in [5.41, 5.74) is 0.960. The van der Waals surface area contributed by atoms with Gasteiger partial charge >= 0.3 is 0 Å². The SMILES string of the molecule is COc1ccc([C@H]2/C(=C(\O)c3ccc(Cl)cc3)C(=O)C(=O)N2C[C@@H]2CCCO2)c(OC)c1. The van der Waals surface area contributed by atoms with Crippen LogP contribution in [0.4, 0.5) is 0 Å². The summed E-state index contributed by atoms with van der Waals surface area (Å²) in [7, 11) is 3.04. The third kappa shape index (κ3) is 4.06. The highest BCUT2D eigenvalue weighted by Crippen LogP contribution is 2.44. The highest BCUT2D eigenvalue weighted by atomic mass is 35.5. The predicted octanol–water partition coefficient (Wildman–Crippen LogP) is 3.96. The predicted molar refractivity (Wildman–Crippen MR) is 119 cm³/mol. The quantitative estimate of drug-likeness (QED) is 0.401. The summed E-state index contributed by atoms with van der Waals surface area (Å²) in [5.74, 6) is -0.690. The Labute approximate surface area is 191 Å². The Hall–Kier alpha value is -3.03. The molecule has 2 aliphatic rings. The van der Waals surface area contributed by atoms with Crippen LogP contribution in [0.15, 0.2) is 48.0 Å². The first-order valence-corrected chi connectivity index (χ1v) is 10.7. The fraction of sp³-hybridized carbons (Fsp3) is 0.333. The topological polar surface area (TPSA) is 85.3 Å². The number of carbonyl (C=O) groups is 2. The second-order valence-electron chi connectivity index (χ2n) is 7.70. The monoisotopic (exact) mass is 457 g/mol. The van der Waals surface area contributed by atoms with Crippen LogP contribution in [0.2, 0.25) is 5.02 Å². The second kappa shape index (κ2) is 9.22. The normalized spacial score (nSPS) is 22.4. The fourth-order valence-corrected chi connectivity index (χ4v) is 4.33. The minimum atomic E-state index is -0.837. The molecule has 8 heteroatoms. The smallest absolute Gasteiger partial charge is 0.295 e. The van der Waals surface area contributed by atoms with E-state index in [9.17, 15) is 14.7 Å². The molecule has 2 fully saturated rings. The fourth-order valence-electron chi connectivity index (χ4n) is 4.21. The number of hydrogen-bond donors (Lipinski definition) is 1. The largest absolute Gasteiger partial charge is 0.507 e. The Bertz CT molecular complexity index is 1060. The molecule has 2 aliphatic heterocycles. The molecule has 2 aromatic rings. The first kappa shape index (κ1) is 22.2. The van der Waals surface area contributed by atoms with E-state index in [0.29, 0.717) is 34.3 Å². The molecule has 7 nitrogen and oxygen atoms in total. The number of carbonyl (C=O) groups excluding carboxylic acids is 2. The molecule has 2 saturated heterocycles. The van der Waals surface area contributed by atoms with E-state index in [0.717, 1.165) is 12.8 Å². The van der Waals surface area contributed by atoms with Gasteiger partial charge in [0.05, 0.1) is 31.9 Å². The lowest BCUT2D eigenvalue weighted by atomic mass is 9.94. The van der Waals surface area contributed by atoms with Crippen LogP contribution < -0.4 is 9.47 Å². The van der Waals surface area contributed by atoms with Gasteiger partial charge < -0.3 is 24.2 Å². The van der Waals surface area contributed by atoms with E-state index in [1.165, 1.54) is 12.0 Å². The number of halogens is 1. The lowest BCUT2D eigenvalue weighted by Crippen LogP contribution is -2.36. The Morgan fingerprint density at radius 3 is 2.53 bits per heavy atom. The Balaban J connectivity index is 1.87. The van der Waals surface area contributed by atoms with Crippen molar-refractivity contribution in [3.8, 4) is 11.5 Å². The van der Waals surface area contributed by atoms with Crippen LogP contribution >= 0.6 is 11.6 Å². The molecule has 0 aromatic heterocycles. The van der Waals surface area contributed by atoms with Crippen molar-refractivity contribution >= 4 is 29.1 Å². The second-order valence-corrected chi connectivity index (χ2v) is 8.14. The van der Waals surface area contributed by atoms with Gasteiger partial charge in [0, 0.05) is 35.4 Å². The van der Waals surface area contributed by atoms with Crippen molar-refractivity contribution in [2.45, 2.75) is 25.0 Å². The van der Waals surface area contributed by atoms with Gasteiger partial charge in [-0.3, -0.25) is 9.59 Å². The van der Waals surface area contributed by atoms with Crippen molar-refractivity contribution in [1.82, 2.24) is 4.90 Å². The third-order valence-electron chi connectivity index (χ3n) is 5.82. The molecule has 0 saturated carbocycles. The number of amides is 1. The zero-order valence-corrected chi connectivity index (χ0v) is 18.6. The Kier molecular flexibility index (Phi) is 6.39. The van der Waals surface area contributed by atoms with Gasteiger partial charge in [0.2, 0.25) is 0 Å². The van der Waals surface area contributed by atoms with Crippen LogP contribution in [0.1, 0.15) is 30.0 Å². The number of nitrogens with zero attached hydrogens (tertiary/aromatic N) is 1. The van der Waals surface area contributed by atoms with Crippen LogP contribution in [-0.4, -0.2) is 55.2 Å². The van der Waals surface area contributed by atoms with Gasteiger partial charge in [0.1, 0.15) is 17.3 Å². The molecular weight excluding hydrogens is 434 g/mol. The van der Waals surface area contributed by atoms with Gasteiger partial charge in [-0.05, 0) is 49.2 Å². The summed E-state index contributed by atoms with van der Waals surface area (Å²) >= 11 is 5.97. The number of aliphatic hydroxyl groups is 1. The molecule has 0 radical (unpaired) electrons. The van der Waals surface area contributed by atoms with Crippen molar-refractivity contribution in [3.63, 3.8) is 0 Å². The molecule has 0 spiro atoms. The van der Waals surface area contributed by atoms with E-state index in [1.54, 1.807) is 49.6 Å². The zero-order valence-electron chi connectivity index (χ0n) is 17.8. The summed E-state index contributed by atoms with van der Waals surface area (Å²) in [6.07, 6.45) is 1.53. The summed E-state index contributed by atoms with van der Waals surface area (Å²) in [4.78, 5) is 27.7. The van der Waals surface area contributed by atoms with E-state index >= 15 is 0 Å².